The summed E-state index contributed by atoms with van der Waals surface area (Å²) in [6.45, 7) is 7.26. The minimum absolute atomic E-state index is 0.244. The first-order valence-electron chi connectivity index (χ1n) is 11.0. The molecule has 2 aliphatic rings. The summed E-state index contributed by atoms with van der Waals surface area (Å²) in [7, 11) is 0. The van der Waals surface area contributed by atoms with Gasteiger partial charge in [0.1, 0.15) is 5.75 Å². The summed E-state index contributed by atoms with van der Waals surface area (Å²) in [6, 6.07) is 20.3. The van der Waals surface area contributed by atoms with Crippen LogP contribution in [0.4, 0.5) is 0 Å². The summed E-state index contributed by atoms with van der Waals surface area (Å²) in [5, 5.41) is 0.565. The van der Waals surface area contributed by atoms with E-state index in [1.165, 1.54) is 24.0 Å². The Morgan fingerprint density at radius 3 is 2.45 bits per heavy atom. The molecule has 3 nitrogen and oxygen atoms in total. The van der Waals surface area contributed by atoms with Gasteiger partial charge in [-0.3, -0.25) is 0 Å². The summed E-state index contributed by atoms with van der Waals surface area (Å²) in [4.78, 5) is 0. The number of benzene rings is 2. The molecule has 2 fully saturated rings. The van der Waals surface area contributed by atoms with Crippen molar-refractivity contribution in [3.63, 3.8) is 0 Å². The van der Waals surface area contributed by atoms with Gasteiger partial charge in [-0.25, -0.2) is 4.31 Å². The highest BCUT2D eigenvalue weighted by Gasteiger charge is 2.27. The number of ether oxygens (including phenoxy) is 2. The Morgan fingerprint density at radius 2 is 1.72 bits per heavy atom. The molecule has 2 aromatic carbocycles. The summed E-state index contributed by atoms with van der Waals surface area (Å²) in [5.74, 6) is 1.58. The highest BCUT2D eigenvalue weighted by molar-refractivity contribution is 7.97. The Morgan fingerprint density at radius 1 is 1.00 bits per heavy atom. The van der Waals surface area contributed by atoms with Crippen molar-refractivity contribution >= 4 is 11.9 Å². The normalized spacial score (nSPS) is 24.9. The molecular weight excluding hydrogens is 378 g/mol. The average Bonchev–Trinajstić information content (AvgIpc) is 2.78. The van der Waals surface area contributed by atoms with Crippen LogP contribution in [0, 0.1) is 5.92 Å². The average molecular weight is 412 g/mol. The Bertz CT molecular complexity index is 745. The maximum Gasteiger partial charge on any atom is 0.119 e. The van der Waals surface area contributed by atoms with Gasteiger partial charge in [0.2, 0.25) is 0 Å². The van der Waals surface area contributed by atoms with Gasteiger partial charge >= 0.3 is 0 Å². The van der Waals surface area contributed by atoms with Crippen molar-refractivity contribution < 1.29 is 9.47 Å². The largest absolute Gasteiger partial charge is 0.490 e. The van der Waals surface area contributed by atoms with E-state index in [1.54, 1.807) is 0 Å². The van der Waals surface area contributed by atoms with E-state index in [9.17, 15) is 0 Å². The zero-order chi connectivity index (χ0) is 20.1. The molecule has 2 aliphatic heterocycles. The molecule has 0 radical (unpaired) electrons. The maximum atomic E-state index is 6.22. The zero-order valence-electron chi connectivity index (χ0n) is 17.6. The second-order valence-electron chi connectivity index (χ2n) is 8.42. The van der Waals surface area contributed by atoms with Crippen LogP contribution in [0.3, 0.4) is 0 Å². The lowest BCUT2D eigenvalue weighted by Gasteiger charge is -2.37. The molecule has 0 spiro atoms. The van der Waals surface area contributed by atoms with E-state index in [-0.39, 0.29) is 6.10 Å². The molecule has 2 aromatic rings. The monoisotopic (exact) mass is 411 g/mol. The van der Waals surface area contributed by atoms with Gasteiger partial charge in [0, 0.05) is 31.1 Å². The lowest BCUT2D eigenvalue weighted by molar-refractivity contribution is 0.0239. The summed E-state index contributed by atoms with van der Waals surface area (Å²) < 4.78 is 14.2. The third-order valence-electron chi connectivity index (χ3n) is 6.29. The Labute approximate surface area is 179 Å². The molecule has 0 amide bonds. The van der Waals surface area contributed by atoms with Crippen molar-refractivity contribution in [3.05, 3.63) is 65.7 Å². The SMILES string of the molecule is CC(Oc1ccc(CN2SC(c3ccccc3)CC[C@@H]2C)cc1)C1CCOCC1. The van der Waals surface area contributed by atoms with Crippen molar-refractivity contribution in [2.45, 2.75) is 63.5 Å². The van der Waals surface area contributed by atoms with Crippen LogP contribution in [-0.2, 0) is 11.3 Å². The van der Waals surface area contributed by atoms with E-state index in [2.05, 4.69) is 72.7 Å². The van der Waals surface area contributed by atoms with E-state index in [0.717, 1.165) is 38.3 Å². The fourth-order valence-electron chi connectivity index (χ4n) is 4.29. The zero-order valence-corrected chi connectivity index (χ0v) is 18.4. The fourth-order valence-corrected chi connectivity index (χ4v) is 5.68. The Balaban J connectivity index is 1.33. The van der Waals surface area contributed by atoms with Crippen LogP contribution < -0.4 is 4.74 Å². The third kappa shape index (κ3) is 5.56. The van der Waals surface area contributed by atoms with Gasteiger partial charge in [0.05, 0.1) is 6.10 Å². The van der Waals surface area contributed by atoms with Crippen LogP contribution >= 0.6 is 11.9 Å². The lowest BCUT2D eigenvalue weighted by Crippen LogP contribution is -2.31. The lowest BCUT2D eigenvalue weighted by atomic mass is 9.95. The van der Waals surface area contributed by atoms with Crippen molar-refractivity contribution in [1.82, 2.24) is 4.31 Å². The molecule has 2 saturated heterocycles. The van der Waals surface area contributed by atoms with E-state index in [0.29, 0.717) is 17.2 Å². The quantitative estimate of drug-likeness (QED) is 0.523. The number of hydrogen-bond donors (Lipinski definition) is 0. The molecule has 0 saturated carbocycles. The smallest absolute Gasteiger partial charge is 0.119 e. The van der Waals surface area contributed by atoms with Crippen LogP contribution in [0.15, 0.2) is 54.6 Å². The molecule has 0 N–H and O–H groups in total. The van der Waals surface area contributed by atoms with Gasteiger partial charge in [0.25, 0.3) is 0 Å². The van der Waals surface area contributed by atoms with Crippen molar-refractivity contribution in [2.24, 2.45) is 5.92 Å². The molecule has 4 rings (SSSR count). The predicted molar refractivity (Wildman–Crippen MR) is 121 cm³/mol. The van der Waals surface area contributed by atoms with E-state index in [1.807, 2.05) is 11.9 Å². The van der Waals surface area contributed by atoms with Gasteiger partial charge in [-0.05, 0) is 68.7 Å². The minimum atomic E-state index is 0.244. The summed E-state index contributed by atoms with van der Waals surface area (Å²) >= 11 is 2.01. The highest BCUT2D eigenvalue weighted by atomic mass is 32.2. The van der Waals surface area contributed by atoms with Crippen molar-refractivity contribution in [1.29, 1.82) is 0 Å². The predicted octanol–water partition coefficient (Wildman–Crippen LogP) is 6.25. The van der Waals surface area contributed by atoms with Gasteiger partial charge < -0.3 is 9.47 Å². The van der Waals surface area contributed by atoms with Crippen LogP contribution in [0.1, 0.15) is 55.9 Å². The van der Waals surface area contributed by atoms with Crippen LogP contribution in [0.2, 0.25) is 0 Å². The first-order valence-corrected chi connectivity index (χ1v) is 11.8. The van der Waals surface area contributed by atoms with E-state index < -0.39 is 0 Å². The first-order chi connectivity index (χ1) is 14.2. The summed E-state index contributed by atoms with van der Waals surface area (Å²) in [5.41, 5.74) is 2.80. The maximum absolute atomic E-state index is 6.22. The molecule has 0 aromatic heterocycles. The fraction of sp³-hybridized carbons (Fsp3) is 0.520. The highest BCUT2D eigenvalue weighted by Crippen LogP contribution is 2.43. The standard InChI is InChI=1S/C25H33NO2S/c1-19-8-13-25(23-6-4-3-5-7-23)29-26(19)18-21-9-11-24(12-10-21)28-20(2)22-14-16-27-17-15-22/h3-7,9-12,19-20,22,25H,8,13-18H2,1-2H3/t19-,20?,25?/m0/s1. The molecule has 4 heteroatoms. The van der Waals surface area contributed by atoms with Gasteiger partial charge in [0.15, 0.2) is 0 Å². The number of nitrogens with zero attached hydrogens (tertiary/aromatic N) is 1. The van der Waals surface area contributed by atoms with Crippen LogP contribution in [0.25, 0.3) is 0 Å². The Kier molecular flexibility index (Phi) is 7.17. The minimum Gasteiger partial charge on any atom is -0.490 e. The first kappa shape index (κ1) is 20.8. The second-order valence-corrected chi connectivity index (χ2v) is 9.67. The molecule has 0 bridgehead atoms. The topological polar surface area (TPSA) is 21.7 Å². The van der Waals surface area contributed by atoms with Crippen LogP contribution in [0.5, 0.6) is 5.75 Å². The molecule has 0 aliphatic carbocycles. The molecule has 2 heterocycles. The van der Waals surface area contributed by atoms with Crippen LogP contribution in [-0.4, -0.2) is 29.7 Å². The molecule has 2 unspecified atom stereocenters. The molecule has 156 valence electrons. The van der Waals surface area contributed by atoms with Crippen molar-refractivity contribution in [3.8, 4) is 5.75 Å². The van der Waals surface area contributed by atoms with E-state index >= 15 is 0 Å². The Hall–Kier alpha value is -1.49. The van der Waals surface area contributed by atoms with Gasteiger partial charge in [-0.15, -0.1) is 0 Å². The molecule has 3 atom stereocenters. The number of rotatable bonds is 6. The van der Waals surface area contributed by atoms with E-state index in [4.69, 9.17) is 9.47 Å². The second kappa shape index (κ2) is 10.0. The third-order valence-corrected chi connectivity index (χ3v) is 7.81. The molecular formula is C25H33NO2S. The van der Waals surface area contributed by atoms with Gasteiger partial charge in [-0.1, -0.05) is 54.4 Å². The summed E-state index contributed by atoms with van der Waals surface area (Å²) in [6.07, 6.45) is 4.95. The number of hydrogen-bond acceptors (Lipinski definition) is 4. The molecule has 29 heavy (non-hydrogen) atoms. The van der Waals surface area contributed by atoms with Crippen molar-refractivity contribution in [2.75, 3.05) is 13.2 Å². The van der Waals surface area contributed by atoms with Gasteiger partial charge in [-0.2, -0.15) is 0 Å².